The molecular weight excluding hydrogens is 230 g/mol. The first-order valence-electron chi connectivity index (χ1n) is 6.78. The van der Waals surface area contributed by atoms with Gasteiger partial charge in [-0.3, -0.25) is 5.10 Å². The fourth-order valence-electron chi connectivity index (χ4n) is 2.95. The van der Waals surface area contributed by atoms with E-state index in [1.807, 2.05) is 0 Å². The molecule has 1 aliphatic carbocycles. The molecule has 1 saturated carbocycles. The van der Waals surface area contributed by atoms with Crippen molar-refractivity contribution in [3.8, 4) is 0 Å². The molecule has 4 heteroatoms. The van der Waals surface area contributed by atoms with Gasteiger partial charge in [0.1, 0.15) is 5.82 Å². The summed E-state index contributed by atoms with van der Waals surface area (Å²) in [5.41, 5.74) is 0. The quantitative estimate of drug-likeness (QED) is 0.819. The monoisotopic (exact) mass is 253 g/mol. The molecule has 0 spiro atoms. The molecule has 0 bridgehead atoms. The van der Waals surface area contributed by atoms with Crippen molar-refractivity contribution in [2.24, 2.45) is 5.92 Å². The van der Waals surface area contributed by atoms with Crippen molar-refractivity contribution in [2.75, 3.05) is 0 Å². The summed E-state index contributed by atoms with van der Waals surface area (Å²) in [5, 5.41) is 7.33. The van der Waals surface area contributed by atoms with Gasteiger partial charge in [0.15, 0.2) is 4.77 Å². The molecular formula is C13H23N3S. The Hall–Kier alpha value is -0.640. The van der Waals surface area contributed by atoms with E-state index in [1.165, 1.54) is 32.1 Å². The standard InChI is InChI=1S/C13H23N3S/c1-9(2)12-14-15-13(17)16(12)10(3)11-7-5-4-6-8-11/h9-11H,4-8H2,1-3H3,(H,15,17). The highest BCUT2D eigenvalue weighted by atomic mass is 32.1. The van der Waals surface area contributed by atoms with Gasteiger partial charge in [0.05, 0.1) is 0 Å². The molecule has 17 heavy (non-hydrogen) atoms. The molecule has 0 aliphatic heterocycles. The van der Waals surface area contributed by atoms with Crippen LogP contribution in [-0.2, 0) is 0 Å². The van der Waals surface area contributed by atoms with Crippen molar-refractivity contribution < 1.29 is 0 Å². The van der Waals surface area contributed by atoms with Crippen LogP contribution in [0.2, 0.25) is 0 Å². The van der Waals surface area contributed by atoms with E-state index in [2.05, 4.69) is 35.5 Å². The lowest BCUT2D eigenvalue weighted by Crippen LogP contribution is -2.21. The average molecular weight is 253 g/mol. The fraction of sp³-hybridized carbons (Fsp3) is 0.846. The average Bonchev–Trinajstić information content (AvgIpc) is 2.71. The van der Waals surface area contributed by atoms with E-state index >= 15 is 0 Å². The fourth-order valence-corrected chi connectivity index (χ4v) is 3.25. The first-order valence-corrected chi connectivity index (χ1v) is 7.19. The number of hydrogen-bond acceptors (Lipinski definition) is 2. The zero-order chi connectivity index (χ0) is 12.4. The van der Waals surface area contributed by atoms with Crippen LogP contribution in [0.4, 0.5) is 0 Å². The molecule has 1 N–H and O–H groups in total. The Labute approximate surface area is 109 Å². The van der Waals surface area contributed by atoms with Crippen LogP contribution in [0.15, 0.2) is 0 Å². The predicted octanol–water partition coefficient (Wildman–Crippen LogP) is 4.21. The van der Waals surface area contributed by atoms with Crippen molar-refractivity contribution >= 4 is 12.2 Å². The summed E-state index contributed by atoms with van der Waals surface area (Å²) >= 11 is 5.38. The highest BCUT2D eigenvalue weighted by molar-refractivity contribution is 7.71. The normalized spacial score (nSPS) is 19.8. The van der Waals surface area contributed by atoms with Gasteiger partial charge >= 0.3 is 0 Å². The van der Waals surface area contributed by atoms with E-state index in [4.69, 9.17) is 12.2 Å². The smallest absolute Gasteiger partial charge is 0.195 e. The number of aromatic amines is 1. The summed E-state index contributed by atoms with van der Waals surface area (Å²) in [6.07, 6.45) is 6.82. The molecule has 96 valence electrons. The molecule has 0 amide bonds. The second-order valence-corrected chi connectivity index (χ2v) is 5.94. The van der Waals surface area contributed by atoms with E-state index in [-0.39, 0.29) is 0 Å². The summed E-state index contributed by atoms with van der Waals surface area (Å²) in [6, 6.07) is 0.485. The lowest BCUT2D eigenvalue weighted by molar-refractivity contribution is 0.257. The molecule has 3 nitrogen and oxygen atoms in total. The molecule has 1 unspecified atom stereocenters. The first-order chi connectivity index (χ1) is 8.11. The summed E-state index contributed by atoms with van der Waals surface area (Å²) in [7, 11) is 0. The molecule has 1 aliphatic rings. The predicted molar refractivity (Wildman–Crippen MR) is 72.8 cm³/mol. The van der Waals surface area contributed by atoms with Gasteiger partial charge in [0, 0.05) is 12.0 Å². The van der Waals surface area contributed by atoms with E-state index < -0.39 is 0 Å². The summed E-state index contributed by atoms with van der Waals surface area (Å²) in [6.45, 7) is 6.65. The van der Waals surface area contributed by atoms with Crippen LogP contribution in [-0.4, -0.2) is 14.8 Å². The Bertz CT molecular complexity index is 413. The third-order valence-electron chi connectivity index (χ3n) is 3.99. The highest BCUT2D eigenvalue weighted by Crippen LogP contribution is 2.34. The van der Waals surface area contributed by atoms with Crippen LogP contribution in [0.5, 0.6) is 0 Å². The lowest BCUT2D eigenvalue weighted by atomic mass is 9.84. The number of H-pyrrole nitrogens is 1. The largest absolute Gasteiger partial charge is 0.301 e. The van der Waals surface area contributed by atoms with Crippen LogP contribution in [0.1, 0.15) is 70.7 Å². The van der Waals surface area contributed by atoms with Crippen LogP contribution >= 0.6 is 12.2 Å². The third kappa shape index (κ3) is 2.62. The SMILES string of the molecule is CC(C)c1n[nH]c(=S)n1C(C)C1CCCCC1. The Kier molecular flexibility index (Phi) is 4.02. The molecule has 1 heterocycles. The molecule has 0 radical (unpaired) electrons. The Morgan fingerprint density at radius 2 is 1.88 bits per heavy atom. The van der Waals surface area contributed by atoms with Crippen LogP contribution < -0.4 is 0 Å². The highest BCUT2D eigenvalue weighted by Gasteiger charge is 2.24. The van der Waals surface area contributed by atoms with Crippen molar-refractivity contribution in [1.82, 2.24) is 14.8 Å². The van der Waals surface area contributed by atoms with Gasteiger partial charge in [-0.2, -0.15) is 5.10 Å². The van der Waals surface area contributed by atoms with E-state index in [9.17, 15) is 0 Å². The number of aromatic nitrogens is 3. The van der Waals surface area contributed by atoms with Gasteiger partial charge in [-0.05, 0) is 37.9 Å². The second kappa shape index (κ2) is 5.34. The van der Waals surface area contributed by atoms with Gasteiger partial charge < -0.3 is 4.57 Å². The molecule has 2 rings (SSSR count). The summed E-state index contributed by atoms with van der Waals surface area (Å²) in [4.78, 5) is 0. The van der Waals surface area contributed by atoms with Crippen molar-refractivity contribution in [3.05, 3.63) is 10.6 Å². The maximum absolute atomic E-state index is 5.38. The van der Waals surface area contributed by atoms with Gasteiger partial charge in [-0.15, -0.1) is 0 Å². The lowest BCUT2D eigenvalue weighted by Gasteiger charge is -2.29. The third-order valence-corrected chi connectivity index (χ3v) is 4.28. The van der Waals surface area contributed by atoms with Gasteiger partial charge in [0.2, 0.25) is 0 Å². The van der Waals surface area contributed by atoms with E-state index in [0.717, 1.165) is 16.5 Å². The topological polar surface area (TPSA) is 33.6 Å². The summed E-state index contributed by atoms with van der Waals surface area (Å²) < 4.78 is 3.03. The molecule has 1 aromatic rings. The Morgan fingerprint density at radius 3 is 2.47 bits per heavy atom. The Morgan fingerprint density at radius 1 is 1.24 bits per heavy atom. The van der Waals surface area contributed by atoms with Crippen LogP contribution in [0, 0.1) is 10.7 Å². The molecule has 0 saturated heterocycles. The minimum Gasteiger partial charge on any atom is -0.301 e. The van der Waals surface area contributed by atoms with E-state index in [1.54, 1.807) is 0 Å². The number of nitrogens with zero attached hydrogens (tertiary/aromatic N) is 2. The van der Waals surface area contributed by atoms with E-state index in [0.29, 0.717) is 12.0 Å². The van der Waals surface area contributed by atoms with Gasteiger partial charge in [0.25, 0.3) is 0 Å². The number of nitrogens with one attached hydrogen (secondary N) is 1. The zero-order valence-corrected chi connectivity index (χ0v) is 11.9. The zero-order valence-electron chi connectivity index (χ0n) is 11.1. The van der Waals surface area contributed by atoms with Gasteiger partial charge in [-0.1, -0.05) is 33.1 Å². The number of hydrogen-bond donors (Lipinski definition) is 1. The maximum atomic E-state index is 5.38. The van der Waals surface area contributed by atoms with Gasteiger partial charge in [-0.25, -0.2) is 0 Å². The van der Waals surface area contributed by atoms with Crippen LogP contribution in [0.3, 0.4) is 0 Å². The minimum atomic E-state index is 0.425. The van der Waals surface area contributed by atoms with Crippen molar-refractivity contribution in [1.29, 1.82) is 0 Å². The molecule has 1 fully saturated rings. The van der Waals surface area contributed by atoms with Crippen molar-refractivity contribution in [3.63, 3.8) is 0 Å². The van der Waals surface area contributed by atoms with Crippen LogP contribution in [0.25, 0.3) is 0 Å². The molecule has 1 atom stereocenters. The molecule has 1 aromatic heterocycles. The first kappa shape index (κ1) is 12.8. The Balaban J connectivity index is 2.25. The van der Waals surface area contributed by atoms with Crippen molar-refractivity contribution in [2.45, 2.75) is 64.8 Å². The summed E-state index contributed by atoms with van der Waals surface area (Å²) in [5.74, 6) is 2.30. The maximum Gasteiger partial charge on any atom is 0.195 e. The minimum absolute atomic E-state index is 0.425. The number of rotatable bonds is 3. The molecule has 0 aromatic carbocycles. The second-order valence-electron chi connectivity index (χ2n) is 5.55.